The van der Waals surface area contributed by atoms with Crippen LogP contribution in [0.2, 0.25) is 0 Å². The first-order chi connectivity index (χ1) is 14.0. The van der Waals surface area contributed by atoms with Gasteiger partial charge in [0.25, 0.3) is 5.91 Å². The standard InChI is InChI=1S/C23H28N4O2/c1-18-8-6-7-9-19(18)16-25-12-14-26(15-13-25)17-27-21(28)23(2,24-22(27)29)20-10-4-3-5-11-20/h3-11H,12-17H2,1-2H3,(H,24,29)/t23-/m1/s1. The summed E-state index contributed by atoms with van der Waals surface area (Å²) in [6.45, 7) is 8.73. The summed E-state index contributed by atoms with van der Waals surface area (Å²) in [6, 6.07) is 17.6. The van der Waals surface area contributed by atoms with Crippen molar-refractivity contribution >= 4 is 11.9 Å². The fourth-order valence-corrected chi connectivity index (χ4v) is 4.11. The number of imide groups is 1. The van der Waals surface area contributed by atoms with Crippen LogP contribution in [-0.2, 0) is 16.9 Å². The lowest BCUT2D eigenvalue weighted by molar-refractivity contribution is -0.132. The van der Waals surface area contributed by atoms with Crippen LogP contribution in [0, 0.1) is 6.92 Å². The molecule has 0 bridgehead atoms. The van der Waals surface area contributed by atoms with Crippen LogP contribution in [0.5, 0.6) is 0 Å². The monoisotopic (exact) mass is 392 g/mol. The normalized spacial score (nSPS) is 23.4. The Morgan fingerprint density at radius 1 is 0.897 bits per heavy atom. The molecule has 0 radical (unpaired) electrons. The Bertz CT molecular complexity index is 893. The van der Waals surface area contributed by atoms with Crippen molar-refractivity contribution in [1.29, 1.82) is 0 Å². The summed E-state index contributed by atoms with van der Waals surface area (Å²) in [7, 11) is 0. The van der Waals surface area contributed by atoms with Crippen LogP contribution >= 0.6 is 0 Å². The zero-order valence-electron chi connectivity index (χ0n) is 17.1. The molecule has 2 aromatic carbocycles. The number of benzene rings is 2. The predicted octanol–water partition coefficient (Wildman–Crippen LogP) is 2.54. The minimum atomic E-state index is -0.995. The molecule has 1 N–H and O–H groups in total. The van der Waals surface area contributed by atoms with E-state index in [2.05, 4.69) is 46.3 Å². The summed E-state index contributed by atoms with van der Waals surface area (Å²) in [4.78, 5) is 31.6. The lowest BCUT2D eigenvalue weighted by atomic mass is 9.92. The van der Waals surface area contributed by atoms with Gasteiger partial charge in [-0.05, 0) is 30.5 Å². The van der Waals surface area contributed by atoms with Crippen molar-refractivity contribution in [2.75, 3.05) is 32.8 Å². The SMILES string of the molecule is Cc1ccccc1CN1CCN(CN2C(=O)N[C@](C)(c3ccccc3)C2=O)CC1. The average Bonchev–Trinajstić information content (AvgIpc) is 2.96. The molecule has 1 atom stereocenters. The summed E-state index contributed by atoms with van der Waals surface area (Å²) < 4.78 is 0. The van der Waals surface area contributed by atoms with E-state index in [0.717, 1.165) is 38.3 Å². The Labute approximate surface area is 172 Å². The van der Waals surface area contributed by atoms with E-state index in [1.807, 2.05) is 30.3 Å². The molecular formula is C23H28N4O2. The minimum absolute atomic E-state index is 0.184. The number of carbonyl (C=O) groups excluding carboxylic acids is 2. The molecule has 152 valence electrons. The molecule has 2 aliphatic rings. The Kier molecular flexibility index (Phi) is 5.39. The van der Waals surface area contributed by atoms with Crippen LogP contribution in [0.3, 0.4) is 0 Å². The van der Waals surface area contributed by atoms with Crippen molar-refractivity contribution < 1.29 is 9.59 Å². The number of amides is 3. The molecule has 0 aromatic heterocycles. The number of piperazine rings is 1. The number of hydrogen-bond acceptors (Lipinski definition) is 4. The van der Waals surface area contributed by atoms with E-state index in [1.54, 1.807) is 6.92 Å². The maximum absolute atomic E-state index is 13.1. The van der Waals surface area contributed by atoms with Gasteiger partial charge >= 0.3 is 6.03 Å². The second-order valence-electron chi connectivity index (χ2n) is 8.12. The number of nitrogens with zero attached hydrogens (tertiary/aromatic N) is 3. The topological polar surface area (TPSA) is 55.9 Å². The van der Waals surface area contributed by atoms with Crippen LogP contribution in [0.25, 0.3) is 0 Å². The Morgan fingerprint density at radius 3 is 2.21 bits per heavy atom. The van der Waals surface area contributed by atoms with Crippen molar-refractivity contribution in [3.05, 3.63) is 71.3 Å². The van der Waals surface area contributed by atoms with Gasteiger partial charge in [-0.2, -0.15) is 0 Å². The molecule has 0 spiro atoms. The number of rotatable bonds is 5. The smallest absolute Gasteiger partial charge is 0.319 e. The van der Waals surface area contributed by atoms with Gasteiger partial charge in [0.2, 0.25) is 0 Å². The second-order valence-corrected chi connectivity index (χ2v) is 8.12. The summed E-state index contributed by atoms with van der Waals surface area (Å²) in [5, 5.41) is 2.88. The molecule has 0 aliphatic carbocycles. The van der Waals surface area contributed by atoms with E-state index in [-0.39, 0.29) is 11.9 Å². The van der Waals surface area contributed by atoms with Crippen molar-refractivity contribution in [1.82, 2.24) is 20.0 Å². The highest BCUT2D eigenvalue weighted by Crippen LogP contribution is 2.28. The molecule has 4 rings (SSSR count). The van der Waals surface area contributed by atoms with Gasteiger partial charge in [-0.1, -0.05) is 54.6 Å². The largest absolute Gasteiger partial charge is 0.326 e. The molecule has 6 nitrogen and oxygen atoms in total. The molecule has 2 aliphatic heterocycles. The molecule has 3 amide bonds. The van der Waals surface area contributed by atoms with Gasteiger partial charge < -0.3 is 5.32 Å². The maximum atomic E-state index is 13.1. The molecule has 2 aromatic rings. The van der Waals surface area contributed by atoms with Gasteiger partial charge in [-0.3, -0.25) is 14.6 Å². The molecule has 0 saturated carbocycles. The third-order valence-electron chi connectivity index (χ3n) is 6.09. The quantitative estimate of drug-likeness (QED) is 0.795. The van der Waals surface area contributed by atoms with Crippen molar-refractivity contribution in [2.45, 2.75) is 25.9 Å². The molecule has 2 saturated heterocycles. The van der Waals surface area contributed by atoms with E-state index in [0.29, 0.717) is 6.67 Å². The van der Waals surface area contributed by atoms with Crippen molar-refractivity contribution in [3.8, 4) is 0 Å². The number of nitrogens with one attached hydrogen (secondary N) is 1. The summed E-state index contributed by atoms with van der Waals surface area (Å²) in [6.07, 6.45) is 0. The number of carbonyl (C=O) groups is 2. The van der Waals surface area contributed by atoms with Crippen LogP contribution in [0.15, 0.2) is 54.6 Å². The highest BCUT2D eigenvalue weighted by molar-refractivity contribution is 6.07. The van der Waals surface area contributed by atoms with Crippen LogP contribution in [-0.4, -0.2) is 59.5 Å². The molecule has 2 heterocycles. The van der Waals surface area contributed by atoms with Gasteiger partial charge in [0.05, 0.1) is 6.67 Å². The third-order valence-corrected chi connectivity index (χ3v) is 6.09. The Morgan fingerprint density at radius 2 is 1.52 bits per heavy atom. The zero-order chi connectivity index (χ0) is 20.4. The predicted molar refractivity (Wildman–Crippen MR) is 112 cm³/mol. The van der Waals surface area contributed by atoms with E-state index in [1.165, 1.54) is 16.0 Å². The lowest BCUT2D eigenvalue weighted by Crippen LogP contribution is -2.51. The number of urea groups is 1. The summed E-state index contributed by atoms with van der Waals surface area (Å²) in [5.41, 5.74) is 2.48. The summed E-state index contributed by atoms with van der Waals surface area (Å²) in [5.74, 6) is -0.184. The van der Waals surface area contributed by atoms with Crippen LogP contribution in [0.4, 0.5) is 4.79 Å². The fourth-order valence-electron chi connectivity index (χ4n) is 4.11. The second kappa shape index (κ2) is 7.97. The van der Waals surface area contributed by atoms with E-state index in [4.69, 9.17) is 0 Å². The first-order valence-electron chi connectivity index (χ1n) is 10.2. The first-order valence-corrected chi connectivity index (χ1v) is 10.2. The van der Waals surface area contributed by atoms with Crippen LogP contribution in [0.1, 0.15) is 23.6 Å². The van der Waals surface area contributed by atoms with E-state index in [9.17, 15) is 9.59 Å². The van der Waals surface area contributed by atoms with Crippen LogP contribution < -0.4 is 5.32 Å². The zero-order valence-corrected chi connectivity index (χ0v) is 17.1. The highest BCUT2D eigenvalue weighted by atomic mass is 16.2. The minimum Gasteiger partial charge on any atom is -0.319 e. The van der Waals surface area contributed by atoms with Crippen molar-refractivity contribution in [2.24, 2.45) is 0 Å². The maximum Gasteiger partial charge on any atom is 0.326 e. The average molecular weight is 393 g/mol. The Balaban J connectivity index is 1.35. The van der Waals surface area contributed by atoms with E-state index >= 15 is 0 Å². The Hall–Kier alpha value is -2.70. The fraction of sp³-hybridized carbons (Fsp3) is 0.391. The van der Waals surface area contributed by atoms with Gasteiger partial charge in [-0.25, -0.2) is 9.69 Å². The number of hydrogen-bond donors (Lipinski definition) is 1. The number of aryl methyl sites for hydroxylation is 1. The molecular weight excluding hydrogens is 364 g/mol. The lowest BCUT2D eigenvalue weighted by Gasteiger charge is -2.36. The van der Waals surface area contributed by atoms with Crippen molar-refractivity contribution in [3.63, 3.8) is 0 Å². The highest BCUT2D eigenvalue weighted by Gasteiger charge is 2.49. The molecule has 2 fully saturated rings. The molecule has 0 unspecified atom stereocenters. The summed E-state index contributed by atoms with van der Waals surface area (Å²) >= 11 is 0. The first kappa shape index (κ1) is 19.6. The third kappa shape index (κ3) is 3.91. The van der Waals surface area contributed by atoms with E-state index < -0.39 is 5.54 Å². The molecule has 29 heavy (non-hydrogen) atoms. The van der Waals surface area contributed by atoms with Gasteiger partial charge in [-0.15, -0.1) is 0 Å². The van der Waals surface area contributed by atoms with Gasteiger partial charge in [0.15, 0.2) is 0 Å². The van der Waals surface area contributed by atoms with Gasteiger partial charge in [0.1, 0.15) is 5.54 Å². The van der Waals surface area contributed by atoms with Gasteiger partial charge in [0, 0.05) is 32.7 Å². The molecule has 6 heteroatoms.